The topological polar surface area (TPSA) is 20.3 Å². The molecule has 1 aliphatic rings. The lowest BCUT2D eigenvalue weighted by Crippen LogP contribution is -2.27. The van der Waals surface area contributed by atoms with E-state index in [2.05, 4.69) is 0 Å². The predicted molar refractivity (Wildman–Crippen MR) is 66.1 cm³/mol. The standard InChI is InChI=1S/C13H14ClNO/c14-12(10-11-6-2-1-3-7-11)13(16)15-8-4-5-9-15/h1-3,6-7,10H,4-5,8-9H2. The summed E-state index contributed by atoms with van der Waals surface area (Å²) < 4.78 is 0. The second kappa shape index (κ2) is 5.17. The van der Waals surface area contributed by atoms with Gasteiger partial charge in [-0.25, -0.2) is 0 Å². The number of likely N-dealkylation sites (tertiary alicyclic amines) is 1. The normalized spacial score (nSPS) is 16.6. The second-order valence-electron chi connectivity index (χ2n) is 3.90. The van der Waals surface area contributed by atoms with Crippen LogP contribution in [0.5, 0.6) is 0 Å². The Morgan fingerprint density at radius 3 is 2.44 bits per heavy atom. The van der Waals surface area contributed by atoms with E-state index >= 15 is 0 Å². The molecule has 0 N–H and O–H groups in total. The Morgan fingerprint density at radius 1 is 1.19 bits per heavy atom. The van der Waals surface area contributed by atoms with Crippen LogP contribution in [0.15, 0.2) is 35.4 Å². The van der Waals surface area contributed by atoms with Gasteiger partial charge in [0.15, 0.2) is 0 Å². The van der Waals surface area contributed by atoms with Gasteiger partial charge in [-0.05, 0) is 24.5 Å². The molecule has 3 heteroatoms. The van der Waals surface area contributed by atoms with E-state index in [1.165, 1.54) is 0 Å². The van der Waals surface area contributed by atoms with Gasteiger partial charge in [0.05, 0.1) is 0 Å². The van der Waals surface area contributed by atoms with E-state index in [9.17, 15) is 4.79 Å². The number of halogens is 1. The van der Waals surface area contributed by atoms with E-state index in [0.717, 1.165) is 31.5 Å². The van der Waals surface area contributed by atoms with Crippen molar-refractivity contribution in [2.45, 2.75) is 12.8 Å². The molecule has 1 aliphatic heterocycles. The van der Waals surface area contributed by atoms with Crippen molar-refractivity contribution < 1.29 is 4.79 Å². The molecule has 0 spiro atoms. The summed E-state index contributed by atoms with van der Waals surface area (Å²) in [7, 11) is 0. The lowest BCUT2D eigenvalue weighted by molar-refractivity contribution is -0.125. The first kappa shape index (κ1) is 11.2. The summed E-state index contributed by atoms with van der Waals surface area (Å²) in [6, 6.07) is 9.65. The fraction of sp³-hybridized carbons (Fsp3) is 0.308. The number of carbonyl (C=O) groups excluding carboxylic acids is 1. The molecule has 1 amide bonds. The highest BCUT2D eigenvalue weighted by Crippen LogP contribution is 2.16. The molecule has 16 heavy (non-hydrogen) atoms. The molecule has 1 heterocycles. The van der Waals surface area contributed by atoms with Crippen molar-refractivity contribution in [1.82, 2.24) is 4.90 Å². The highest BCUT2D eigenvalue weighted by Gasteiger charge is 2.19. The number of amides is 1. The van der Waals surface area contributed by atoms with Crippen molar-refractivity contribution in [2.24, 2.45) is 0 Å². The summed E-state index contributed by atoms with van der Waals surface area (Å²) in [5.74, 6) is -0.0528. The van der Waals surface area contributed by atoms with Crippen LogP contribution in [-0.2, 0) is 4.79 Å². The molecular weight excluding hydrogens is 222 g/mol. The minimum absolute atomic E-state index is 0.0528. The van der Waals surface area contributed by atoms with Crippen LogP contribution in [0, 0.1) is 0 Å². The van der Waals surface area contributed by atoms with Gasteiger partial charge in [-0.1, -0.05) is 41.9 Å². The van der Waals surface area contributed by atoms with E-state index < -0.39 is 0 Å². The van der Waals surface area contributed by atoms with Gasteiger partial charge in [0, 0.05) is 13.1 Å². The third kappa shape index (κ3) is 2.64. The first-order chi connectivity index (χ1) is 7.77. The Balaban J connectivity index is 2.09. The van der Waals surface area contributed by atoms with E-state index in [1.54, 1.807) is 6.08 Å². The van der Waals surface area contributed by atoms with Crippen molar-refractivity contribution in [3.8, 4) is 0 Å². The zero-order chi connectivity index (χ0) is 11.4. The first-order valence-corrected chi connectivity index (χ1v) is 5.87. The zero-order valence-electron chi connectivity index (χ0n) is 9.03. The Bertz CT molecular complexity index is 394. The van der Waals surface area contributed by atoms with Crippen molar-refractivity contribution in [3.05, 3.63) is 40.9 Å². The zero-order valence-corrected chi connectivity index (χ0v) is 9.78. The summed E-state index contributed by atoms with van der Waals surface area (Å²) in [5, 5.41) is 0.299. The van der Waals surface area contributed by atoms with Crippen LogP contribution in [0.1, 0.15) is 18.4 Å². The Hall–Kier alpha value is -1.28. The summed E-state index contributed by atoms with van der Waals surface area (Å²) in [5.41, 5.74) is 0.958. The summed E-state index contributed by atoms with van der Waals surface area (Å²) >= 11 is 6.02. The fourth-order valence-corrected chi connectivity index (χ4v) is 2.07. The van der Waals surface area contributed by atoms with Crippen LogP contribution in [0.3, 0.4) is 0 Å². The van der Waals surface area contributed by atoms with Crippen LogP contribution < -0.4 is 0 Å². The van der Waals surface area contributed by atoms with Gasteiger partial charge >= 0.3 is 0 Å². The lowest BCUT2D eigenvalue weighted by Gasteiger charge is -2.14. The molecule has 2 nitrogen and oxygen atoms in total. The first-order valence-electron chi connectivity index (χ1n) is 5.49. The Labute approximate surface area is 101 Å². The largest absolute Gasteiger partial charge is 0.338 e. The van der Waals surface area contributed by atoms with Gasteiger partial charge in [0.1, 0.15) is 5.03 Å². The highest BCUT2D eigenvalue weighted by atomic mass is 35.5. The van der Waals surface area contributed by atoms with Crippen LogP contribution in [0.4, 0.5) is 0 Å². The SMILES string of the molecule is O=C(C(Cl)=Cc1ccccc1)N1CCCC1. The van der Waals surface area contributed by atoms with Gasteiger partial charge in [0.2, 0.25) is 0 Å². The molecule has 0 radical (unpaired) electrons. The van der Waals surface area contributed by atoms with Crippen LogP contribution >= 0.6 is 11.6 Å². The van der Waals surface area contributed by atoms with Crippen LogP contribution in [-0.4, -0.2) is 23.9 Å². The Morgan fingerprint density at radius 2 is 1.81 bits per heavy atom. The number of hydrogen-bond donors (Lipinski definition) is 0. The van der Waals surface area contributed by atoms with E-state index in [0.29, 0.717) is 5.03 Å². The molecule has 0 unspecified atom stereocenters. The predicted octanol–water partition coefficient (Wildman–Crippen LogP) is 2.89. The van der Waals surface area contributed by atoms with Gasteiger partial charge in [-0.3, -0.25) is 4.79 Å². The molecule has 0 aliphatic carbocycles. The van der Waals surface area contributed by atoms with Crippen molar-refractivity contribution in [3.63, 3.8) is 0 Å². The molecule has 2 rings (SSSR count). The average molecular weight is 236 g/mol. The molecule has 0 bridgehead atoms. The molecule has 1 saturated heterocycles. The number of carbonyl (C=O) groups is 1. The number of hydrogen-bond acceptors (Lipinski definition) is 1. The van der Waals surface area contributed by atoms with Crippen molar-refractivity contribution >= 4 is 23.6 Å². The minimum Gasteiger partial charge on any atom is -0.338 e. The van der Waals surface area contributed by atoms with Gasteiger partial charge < -0.3 is 4.90 Å². The maximum Gasteiger partial charge on any atom is 0.265 e. The lowest BCUT2D eigenvalue weighted by atomic mass is 10.2. The third-order valence-corrected chi connectivity index (χ3v) is 2.96. The number of benzene rings is 1. The number of rotatable bonds is 2. The fourth-order valence-electron chi connectivity index (χ4n) is 1.83. The van der Waals surface area contributed by atoms with E-state index in [-0.39, 0.29) is 5.91 Å². The summed E-state index contributed by atoms with van der Waals surface area (Å²) in [6.45, 7) is 1.66. The Kier molecular flexibility index (Phi) is 3.62. The molecule has 0 atom stereocenters. The third-order valence-electron chi connectivity index (χ3n) is 2.69. The van der Waals surface area contributed by atoms with Crippen LogP contribution in [0.2, 0.25) is 0 Å². The molecule has 84 valence electrons. The molecule has 0 aromatic heterocycles. The highest BCUT2D eigenvalue weighted by molar-refractivity contribution is 6.44. The maximum absolute atomic E-state index is 11.9. The monoisotopic (exact) mass is 235 g/mol. The molecular formula is C13H14ClNO. The minimum atomic E-state index is -0.0528. The number of nitrogens with zero attached hydrogens (tertiary/aromatic N) is 1. The summed E-state index contributed by atoms with van der Waals surface area (Å²) in [6.07, 6.45) is 3.89. The van der Waals surface area contributed by atoms with Gasteiger partial charge in [0.25, 0.3) is 5.91 Å². The second-order valence-corrected chi connectivity index (χ2v) is 4.31. The van der Waals surface area contributed by atoms with Crippen LogP contribution in [0.25, 0.3) is 6.08 Å². The smallest absolute Gasteiger partial charge is 0.265 e. The molecule has 1 aromatic rings. The van der Waals surface area contributed by atoms with E-state index in [4.69, 9.17) is 11.6 Å². The van der Waals surface area contributed by atoms with E-state index in [1.807, 2.05) is 35.2 Å². The van der Waals surface area contributed by atoms with Gasteiger partial charge in [-0.15, -0.1) is 0 Å². The van der Waals surface area contributed by atoms with Crippen molar-refractivity contribution in [1.29, 1.82) is 0 Å². The quantitative estimate of drug-likeness (QED) is 0.722. The summed E-state index contributed by atoms with van der Waals surface area (Å²) in [4.78, 5) is 13.7. The molecule has 0 saturated carbocycles. The molecule has 1 aromatic carbocycles. The average Bonchev–Trinajstić information content (AvgIpc) is 2.83. The molecule has 1 fully saturated rings. The maximum atomic E-state index is 11.9. The van der Waals surface area contributed by atoms with Gasteiger partial charge in [-0.2, -0.15) is 0 Å². The van der Waals surface area contributed by atoms with Crippen molar-refractivity contribution in [2.75, 3.05) is 13.1 Å².